The Morgan fingerprint density at radius 3 is 1.50 bits per heavy atom. The van der Waals surface area contributed by atoms with Gasteiger partial charge in [0.15, 0.2) is 0 Å². The lowest BCUT2D eigenvalue weighted by molar-refractivity contribution is 0.308. The molecule has 0 fully saturated rings. The minimum Gasteiger partial charge on any atom is -0.577 e. The number of rotatable bonds is 6. The molecule has 0 unspecified atom stereocenters. The number of benzene rings is 3. The maximum atomic E-state index is 6.48. The molecule has 0 saturated carbocycles. The highest BCUT2D eigenvalue weighted by Gasteiger charge is 2.46. The Balaban J connectivity index is 1.57. The topological polar surface area (TPSA) is 53.5 Å². The summed E-state index contributed by atoms with van der Waals surface area (Å²) >= 11 is -2.80. The molecule has 0 aliphatic rings. The molecule has 2 heterocycles. The van der Waals surface area contributed by atoms with E-state index in [2.05, 4.69) is 0 Å². The SMILES string of the molecule is Cc1ccc2cccc([O][Al]([O]c3c(C)cccc3C)[O]c3cccc4ccc(C)nc34)c2n1. The smallest absolute Gasteiger partial charge is 0.577 e. The highest BCUT2D eigenvalue weighted by Crippen LogP contribution is 2.30. The average molecular weight is 465 g/mol. The molecule has 5 aromatic rings. The van der Waals surface area contributed by atoms with E-state index in [1.54, 1.807) is 0 Å². The first kappa shape index (κ1) is 22.2. The zero-order valence-corrected chi connectivity index (χ0v) is 20.9. The standard InChI is InChI=1S/2C10H9NO.C8H10O.Al/c2*1-7-5-6-8-3-2-4-9(12)10(8)11-7;1-6-4-3-5-7(2)8(6)9;/h2*2-6,12H,1H3;3-5,9H,1-2H3;/q;;;+3/p-3. The number of hydrogen-bond acceptors (Lipinski definition) is 5. The molecular formula is C28H25AlN2O3. The number of nitrogens with zero attached hydrogens (tertiary/aromatic N) is 2. The third-order valence-electron chi connectivity index (χ3n) is 5.71. The van der Waals surface area contributed by atoms with E-state index in [0.29, 0.717) is 11.5 Å². The molecule has 6 heteroatoms. The lowest BCUT2D eigenvalue weighted by Crippen LogP contribution is -2.37. The monoisotopic (exact) mass is 464 g/mol. The maximum absolute atomic E-state index is 6.48. The lowest BCUT2D eigenvalue weighted by atomic mass is 10.1. The van der Waals surface area contributed by atoms with Gasteiger partial charge in [-0.2, -0.15) is 0 Å². The number of fused-ring (bicyclic) bond motifs is 2. The summed E-state index contributed by atoms with van der Waals surface area (Å²) < 4.78 is 19.4. The summed E-state index contributed by atoms with van der Waals surface area (Å²) in [4.78, 5) is 9.43. The zero-order valence-electron chi connectivity index (χ0n) is 19.7. The minimum atomic E-state index is -2.80. The van der Waals surface area contributed by atoms with Crippen molar-refractivity contribution in [1.29, 1.82) is 0 Å². The molecular weight excluding hydrogens is 439 g/mol. The van der Waals surface area contributed by atoms with Gasteiger partial charge < -0.3 is 11.4 Å². The fraction of sp³-hybridized carbons (Fsp3) is 0.143. The van der Waals surface area contributed by atoms with Crippen LogP contribution in [0.1, 0.15) is 22.5 Å². The average Bonchev–Trinajstić information content (AvgIpc) is 2.82. The van der Waals surface area contributed by atoms with E-state index < -0.39 is 15.1 Å². The van der Waals surface area contributed by atoms with Crippen molar-refractivity contribution in [2.45, 2.75) is 27.7 Å². The van der Waals surface area contributed by atoms with Gasteiger partial charge in [0.25, 0.3) is 0 Å². The predicted molar refractivity (Wildman–Crippen MR) is 137 cm³/mol. The van der Waals surface area contributed by atoms with Gasteiger partial charge in [0.05, 0.1) is 5.75 Å². The Morgan fingerprint density at radius 2 is 1.00 bits per heavy atom. The van der Waals surface area contributed by atoms with Crippen molar-refractivity contribution in [1.82, 2.24) is 9.97 Å². The summed E-state index contributed by atoms with van der Waals surface area (Å²) in [5.41, 5.74) is 5.49. The van der Waals surface area contributed by atoms with Crippen molar-refractivity contribution >= 4 is 37.0 Å². The van der Waals surface area contributed by atoms with Crippen LogP contribution in [0, 0.1) is 27.7 Å². The first-order valence-corrected chi connectivity index (χ1v) is 12.7. The molecule has 0 radical (unpaired) electrons. The third-order valence-corrected chi connectivity index (χ3v) is 7.04. The lowest BCUT2D eigenvalue weighted by Gasteiger charge is -2.20. The fourth-order valence-electron chi connectivity index (χ4n) is 3.99. The molecule has 5 rings (SSSR count). The van der Waals surface area contributed by atoms with Crippen molar-refractivity contribution < 1.29 is 11.4 Å². The molecule has 0 amide bonds. The van der Waals surface area contributed by atoms with Crippen molar-refractivity contribution in [2.75, 3.05) is 0 Å². The highest BCUT2D eigenvalue weighted by atomic mass is 27.3. The normalized spacial score (nSPS) is 10.9. The molecule has 5 nitrogen and oxygen atoms in total. The van der Waals surface area contributed by atoms with Gasteiger partial charge in [-0.1, -0.05) is 54.6 Å². The molecule has 3 aromatic carbocycles. The minimum absolute atomic E-state index is 0.647. The Kier molecular flexibility index (Phi) is 6.10. The van der Waals surface area contributed by atoms with Crippen LogP contribution < -0.4 is 11.4 Å². The van der Waals surface area contributed by atoms with Gasteiger partial charge >= 0.3 is 15.1 Å². The second-order valence-corrected chi connectivity index (χ2v) is 9.71. The van der Waals surface area contributed by atoms with Crippen LogP contribution in [0.2, 0.25) is 0 Å². The van der Waals surface area contributed by atoms with Crippen molar-refractivity contribution in [3.8, 4) is 17.2 Å². The van der Waals surface area contributed by atoms with Crippen LogP contribution in [-0.2, 0) is 0 Å². The van der Waals surface area contributed by atoms with Gasteiger partial charge in [-0.3, -0.25) is 0 Å². The van der Waals surface area contributed by atoms with E-state index in [1.165, 1.54) is 0 Å². The molecule has 34 heavy (non-hydrogen) atoms. The van der Waals surface area contributed by atoms with E-state index in [4.69, 9.17) is 21.3 Å². The predicted octanol–water partition coefficient (Wildman–Crippen LogP) is 6.54. The fourth-order valence-corrected chi connectivity index (χ4v) is 5.49. The van der Waals surface area contributed by atoms with E-state index in [9.17, 15) is 0 Å². The summed E-state index contributed by atoms with van der Waals surface area (Å²) in [6.07, 6.45) is 0. The Hall–Kier alpha value is -3.59. The van der Waals surface area contributed by atoms with Crippen molar-refractivity contribution in [3.63, 3.8) is 0 Å². The summed E-state index contributed by atoms with van der Waals surface area (Å²) in [7, 11) is 0. The number of para-hydroxylation sites is 3. The molecule has 0 aliphatic heterocycles. The van der Waals surface area contributed by atoms with Gasteiger partial charge in [-0.25, -0.2) is 9.97 Å². The van der Waals surface area contributed by atoms with Crippen LogP contribution in [0.4, 0.5) is 0 Å². The van der Waals surface area contributed by atoms with E-state index in [-0.39, 0.29) is 0 Å². The Labute approximate surface area is 204 Å². The van der Waals surface area contributed by atoms with Gasteiger partial charge in [0, 0.05) is 22.2 Å². The molecule has 0 bridgehead atoms. The second-order valence-electron chi connectivity index (χ2n) is 8.42. The number of pyridine rings is 2. The molecule has 0 N–H and O–H groups in total. The van der Waals surface area contributed by atoms with Crippen LogP contribution in [0.15, 0.2) is 78.9 Å². The Morgan fingerprint density at radius 1 is 0.529 bits per heavy atom. The van der Waals surface area contributed by atoms with Crippen LogP contribution in [0.25, 0.3) is 21.8 Å². The van der Waals surface area contributed by atoms with Crippen LogP contribution >= 0.6 is 0 Å². The first-order chi connectivity index (χ1) is 16.5. The highest BCUT2D eigenvalue weighted by molar-refractivity contribution is 6.40. The molecule has 0 atom stereocenters. The zero-order chi connectivity index (χ0) is 23.7. The molecule has 0 spiro atoms. The van der Waals surface area contributed by atoms with E-state index in [1.807, 2.05) is 107 Å². The van der Waals surface area contributed by atoms with Crippen LogP contribution in [0.5, 0.6) is 17.2 Å². The largest absolute Gasteiger partial charge is 1.20 e. The summed E-state index contributed by atoms with van der Waals surface area (Å²) in [5, 5.41) is 2.01. The van der Waals surface area contributed by atoms with Crippen LogP contribution in [-0.4, -0.2) is 25.1 Å². The second kappa shape index (κ2) is 9.34. The van der Waals surface area contributed by atoms with Crippen molar-refractivity contribution in [3.05, 3.63) is 101 Å². The molecule has 0 saturated heterocycles. The molecule has 0 aliphatic carbocycles. The summed E-state index contributed by atoms with van der Waals surface area (Å²) in [6, 6.07) is 26.0. The Bertz CT molecular complexity index is 1400. The van der Waals surface area contributed by atoms with Crippen LogP contribution in [0.3, 0.4) is 0 Å². The van der Waals surface area contributed by atoms with Gasteiger partial charge in [0.2, 0.25) is 0 Å². The number of hydrogen-bond donors (Lipinski definition) is 0. The maximum Gasteiger partial charge on any atom is 1.20 e. The first-order valence-electron chi connectivity index (χ1n) is 11.3. The van der Waals surface area contributed by atoms with Gasteiger partial charge in [-0.15, -0.1) is 0 Å². The third kappa shape index (κ3) is 4.56. The summed E-state index contributed by atoms with van der Waals surface area (Å²) in [5.74, 6) is 2.08. The van der Waals surface area contributed by atoms with Gasteiger partial charge in [-0.05, 0) is 63.1 Å². The van der Waals surface area contributed by atoms with E-state index >= 15 is 0 Å². The number of aromatic nitrogens is 2. The molecule has 2 aromatic heterocycles. The van der Waals surface area contributed by atoms with Gasteiger partial charge in [0.1, 0.15) is 22.5 Å². The quantitative estimate of drug-likeness (QED) is 0.267. The summed E-state index contributed by atoms with van der Waals surface area (Å²) in [6.45, 7) is 8.00. The molecule has 168 valence electrons. The van der Waals surface area contributed by atoms with Crippen molar-refractivity contribution in [2.24, 2.45) is 0 Å². The van der Waals surface area contributed by atoms with E-state index in [0.717, 1.165) is 50.1 Å². The number of aryl methyl sites for hydroxylation is 4.